The summed E-state index contributed by atoms with van der Waals surface area (Å²) in [4.78, 5) is 1.35. The van der Waals surface area contributed by atoms with E-state index in [-0.39, 0.29) is 0 Å². The Hall–Kier alpha value is -0.470. The number of nitrogens with two attached hydrogens (primary N) is 1. The second kappa shape index (κ2) is 6.06. The summed E-state index contributed by atoms with van der Waals surface area (Å²) in [5.74, 6) is 1.17. The molecular formula is C11H17NS. The summed E-state index contributed by atoms with van der Waals surface area (Å²) < 4.78 is 0. The van der Waals surface area contributed by atoms with Gasteiger partial charge in [0.1, 0.15) is 0 Å². The topological polar surface area (TPSA) is 26.0 Å². The lowest BCUT2D eigenvalue weighted by Crippen LogP contribution is -2.14. The van der Waals surface area contributed by atoms with Gasteiger partial charge in [0.2, 0.25) is 0 Å². The van der Waals surface area contributed by atoms with Gasteiger partial charge in [-0.15, -0.1) is 11.8 Å². The van der Waals surface area contributed by atoms with E-state index in [4.69, 9.17) is 5.73 Å². The van der Waals surface area contributed by atoms with Gasteiger partial charge in [0.25, 0.3) is 0 Å². The van der Waals surface area contributed by atoms with E-state index in [2.05, 4.69) is 31.2 Å². The Morgan fingerprint density at radius 3 is 2.62 bits per heavy atom. The van der Waals surface area contributed by atoms with Crippen LogP contribution in [0.15, 0.2) is 35.2 Å². The molecule has 72 valence electrons. The van der Waals surface area contributed by atoms with Gasteiger partial charge in [0.15, 0.2) is 0 Å². The van der Waals surface area contributed by atoms with Gasteiger partial charge >= 0.3 is 0 Å². The Labute approximate surface area is 84.7 Å². The summed E-state index contributed by atoms with van der Waals surface area (Å²) in [7, 11) is 0. The minimum absolute atomic E-state index is 0.344. The molecule has 1 nitrogen and oxygen atoms in total. The van der Waals surface area contributed by atoms with Crippen molar-refractivity contribution < 1.29 is 0 Å². The minimum atomic E-state index is 0.344. The Morgan fingerprint density at radius 1 is 1.31 bits per heavy atom. The molecular weight excluding hydrogens is 178 g/mol. The summed E-state index contributed by atoms with van der Waals surface area (Å²) >= 11 is 1.91. The van der Waals surface area contributed by atoms with E-state index < -0.39 is 0 Å². The molecule has 13 heavy (non-hydrogen) atoms. The van der Waals surface area contributed by atoms with Gasteiger partial charge in [-0.1, -0.05) is 18.2 Å². The van der Waals surface area contributed by atoms with Crippen molar-refractivity contribution in [3.05, 3.63) is 30.3 Å². The van der Waals surface area contributed by atoms with Gasteiger partial charge in [-0.25, -0.2) is 0 Å². The average molecular weight is 195 g/mol. The smallest absolute Gasteiger partial charge is 0.00719 e. The molecule has 0 aliphatic rings. The first-order valence-corrected chi connectivity index (χ1v) is 5.71. The Morgan fingerprint density at radius 2 is 2.00 bits per heavy atom. The Kier molecular flexibility index (Phi) is 4.94. The number of benzene rings is 1. The lowest BCUT2D eigenvalue weighted by Gasteiger charge is -2.04. The zero-order valence-corrected chi connectivity index (χ0v) is 8.89. The van der Waals surface area contributed by atoms with Crippen molar-refractivity contribution >= 4 is 11.8 Å². The van der Waals surface area contributed by atoms with E-state index in [0.717, 1.165) is 6.42 Å². The van der Waals surface area contributed by atoms with E-state index in [1.807, 2.05) is 17.8 Å². The van der Waals surface area contributed by atoms with Crippen LogP contribution in [0.5, 0.6) is 0 Å². The van der Waals surface area contributed by atoms with E-state index >= 15 is 0 Å². The third-order valence-corrected chi connectivity index (χ3v) is 2.91. The molecule has 0 heterocycles. The predicted octanol–water partition coefficient (Wildman–Crippen LogP) is 2.91. The van der Waals surface area contributed by atoms with Crippen LogP contribution < -0.4 is 5.73 Å². The maximum atomic E-state index is 5.66. The molecule has 1 aromatic carbocycles. The van der Waals surface area contributed by atoms with Crippen molar-refractivity contribution in [2.75, 3.05) is 5.75 Å². The molecule has 0 spiro atoms. The van der Waals surface area contributed by atoms with E-state index in [1.54, 1.807) is 0 Å². The molecule has 0 aliphatic heterocycles. The lowest BCUT2D eigenvalue weighted by molar-refractivity contribution is 0.656. The first-order chi connectivity index (χ1) is 6.29. The standard InChI is InChI=1S/C11H17NS/c1-10(12)6-5-9-13-11-7-3-2-4-8-11/h2-4,7-8,10H,5-6,9,12H2,1H3. The monoisotopic (exact) mass is 195 g/mol. The van der Waals surface area contributed by atoms with Crippen LogP contribution in [0.1, 0.15) is 19.8 Å². The first kappa shape index (κ1) is 10.6. The molecule has 0 fully saturated rings. The van der Waals surface area contributed by atoms with Crippen LogP contribution in [0, 0.1) is 0 Å². The van der Waals surface area contributed by atoms with Crippen LogP contribution in [0.25, 0.3) is 0 Å². The molecule has 0 radical (unpaired) electrons. The number of rotatable bonds is 5. The highest BCUT2D eigenvalue weighted by molar-refractivity contribution is 7.99. The van der Waals surface area contributed by atoms with Crippen molar-refractivity contribution in [3.63, 3.8) is 0 Å². The summed E-state index contributed by atoms with van der Waals surface area (Å²) in [6, 6.07) is 10.8. The summed E-state index contributed by atoms with van der Waals surface area (Å²) in [6.07, 6.45) is 2.33. The van der Waals surface area contributed by atoms with Crippen molar-refractivity contribution in [3.8, 4) is 0 Å². The second-order valence-electron chi connectivity index (χ2n) is 3.28. The zero-order chi connectivity index (χ0) is 9.52. The summed E-state index contributed by atoms with van der Waals surface area (Å²) in [5, 5.41) is 0. The maximum Gasteiger partial charge on any atom is 0.00719 e. The van der Waals surface area contributed by atoms with E-state index in [9.17, 15) is 0 Å². The van der Waals surface area contributed by atoms with Gasteiger partial charge in [-0.2, -0.15) is 0 Å². The molecule has 1 aromatic rings. The highest BCUT2D eigenvalue weighted by Gasteiger charge is 1.95. The highest BCUT2D eigenvalue weighted by atomic mass is 32.2. The molecule has 0 amide bonds. The summed E-state index contributed by atoms with van der Waals surface area (Å²) in [6.45, 7) is 2.06. The molecule has 1 atom stereocenters. The Bertz CT molecular complexity index is 221. The van der Waals surface area contributed by atoms with Gasteiger partial charge in [0, 0.05) is 10.9 Å². The molecule has 0 aromatic heterocycles. The van der Waals surface area contributed by atoms with Crippen LogP contribution in [-0.2, 0) is 0 Å². The van der Waals surface area contributed by atoms with Crippen molar-refractivity contribution in [1.82, 2.24) is 0 Å². The first-order valence-electron chi connectivity index (χ1n) is 4.72. The van der Waals surface area contributed by atoms with Crippen LogP contribution in [0.2, 0.25) is 0 Å². The van der Waals surface area contributed by atoms with Crippen LogP contribution >= 0.6 is 11.8 Å². The van der Waals surface area contributed by atoms with Crippen molar-refractivity contribution in [1.29, 1.82) is 0 Å². The number of hydrogen-bond acceptors (Lipinski definition) is 2. The van der Waals surface area contributed by atoms with E-state index in [0.29, 0.717) is 6.04 Å². The van der Waals surface area contributed by atoms with Gasteiger partial charge in [-0.05, 0) is 37.7 Å². The fraction of sp³-hybridized carbons (Fsp3) is 0.455. The minimum Gasteiger partial charge on any atom is -0.328 e. The van der Waals surface area contributed by atoms with Crippen LogP contribution in [-0.4, -0.2) is 11.8 Å². The molecule has 0 aliphatic carbocycles. The largest absolute Gasteiger partial charge is 0.328 e. The van der Waals surface area contributed by atoms with Gasteiger partial charge in [0.05, 0.1) is 0 Å². The molecule has 0 bridgehead atoms. The fourth-order valence-corrected chi connectivity index (χ4v) is 2.01. The van der Waals surface area contributed by atoms with Gasteiger partial charge in [-0.3, -0.25) is 0 Å². The SMILES string of the molecule is CC(N)CCCSc1ccccc1. The number of thioether (sulfide) groups is 1. The second-order valence-corrected chi connectivity index (χ2v) is 4.45. The third kappa shape index (κ3) is 4.96. The van der Waals surface area contributed by atoms with Crippen molar-refractivity contribution in [2.24, 2.45) is 5.73 Å². The molecule has 0 saturated carbocycles. The summed E-state index contributed by atoms with van der Waals surface area (Å²) in [5.41, 5.74) is 5.66. The zero-order valence-electron chi connectivity index (χ0n) is 8.07. The highest BCUT2D eigenvalue weighted by Crippen LogP contribution is 2.18. The quantitative estimate of drug-likeness (QED) is 0.577. The fourth-order valence-electron chi connectivity index (χ4n) is 1.11. The molecule has 1 unspecified atom stereocenters. The average Bonchev–Trinajstić information content (AvgIpc) is 2.14. The molecule has 2 heteroatoms. The predicted molar refractivity (Wildman–Crippen MR) is 60.0 cm³/mol. The van der Waals surface area contributed by atoms with Crippen LogP contribution in [0.4, 0.5) is 0 Å². The lowest BCUT2D eigenvalue weighted by atomic mass is 10.2. The molecule has 2 N–H and O–H groups in total. The molecule has 1 rings (SSSR count). The van der Waals surface area contributed by atoms with Crippen LogP contribution in [0.3, 0.4) is 0 Å². The maximum absolute atomic E-state index is 5.66. The molecule has 0 saturated heterocycles. The number of hydrogen-bond donors (Lipinski definition) is 1. The third-order valence-electron chi connectivity index (χ3n) is 1.82. The normalized spacial score (nSPS) is 12.8. The van der Waals surface area contributed by atoms with Crippen molar-refractivity contribution in [2.45, 2.75) is 30.7 Å². The van der Waals surface area contributed by atoms with Gasteiger partial charge < -0.3 is 5.73 Å². The Balaban J connectivity index is 2.13. The van der Waals surface area contributed by atoms with E-state index in [1.165, 1.54) is 17.1 Å².